The molecule has 0 N–H and O–H groups in total. The van der Waals surface area contributed by atoms with Gasteiger partial charge in [-0.1, -0.05) is 0 Å². The van der Waals surface area contributed by atoms with Crippen LogP contribution in [-0.2, 0) is 6.54 Å². The van der Waals surface area contributed by atoms with Gasteiger partial charge in [0.1, 0.15) is 0 Å². The minimum absolute atomic E-state index is 0.149. The number of nitro groups is 1. The van der Waals surface area contributed by atoms with Crippen molar-refractivity contribution in [2.24, 2.45) is 0 Å². The lowest BCUT2D eigenvalue weighted by Gasteiger charge is -2.36. The smallest absolute Gasteiger partial charge is 0.269 e. The van der Waals surface area contributed by atoms with Gasteiger partial charge in [-0.15, -0.1) is 11.3 Å². The lowest BCUT2D eigenvalue weighted by Crippen LogP contribution is -2.45. The summed E-state index contributed by atoms with van der Waals surface area (Å²) in [7, 11) is 0. The van der Waals surface area contributed by atoms with Gasteiger partial charge in [0.2, 0.25) is 0 Å². The predicted molar refractivity (Wildman–Crippen MR) is 89.6 cm³/mol. The van der Waals surface area contributed by atoms with E-state index in [1.807, 2.05) is 23.5 Å². The number of nitro benzene ring substituents is 1. The molecule has 0 bridgehead atoms. The van der Waals surface area contributed by atoms with E-state index in [9.17, 15) is 10.1 Å². The largest absolute Gasteiger partial charge is 0.369 e. The molecule has 116 valence electrons. The Morgan fingerprint density at radius 1 is 1.14 bits per heavy atom. The highest BCUT2D eigenvalue weighted by molar-refractivity contribution is 7.10. The van der Waals surface area contributed by atoms with Crippen molar-refractivity contribution in [3.8, 4) is 0 Å². The zero-order valence-corrected chi connectivity index (χ0v) is 13.4. The topological polar surface area (TPSA) is 49.6 Å². The molecule has 0 aliphatic carbocycles. The van der Waals surface area contributed by atoms with E-state index in [1.54, 1.807) is 12.1 Å². The molecule has 22 heavy (non-hydrogen) atoms. The average Bonchev–Trinajstić information content (AvgIpc) is 2.93. The Kier molecular flexibility index (Phi) is 4.40. The molecular formula is C16H19N3O2S. The number of hydrogen-bond donors (Lipinski definition) is 0. The molecule has 1 aromatic carbocycles. The Labute approximate surface area is 133 Å². The van der Waals surface area contributed by atoms with Crippen molar-refractivity contribution in [2.45, 2.75) is 13.5 Å². The van der Waals surface area contributed by atoms with E-state index < -0.39 is 0 Å². The van der Waals surface area contributed by atoms with Crippen LogP contribution in [0.25, 0.3) is 0 Å². The van der Waals surface area contributed by atoms with Crippen LogP contribution < -0.4 is 4.90 Å². The molecule has 2 aromatic rings. The molecule has 0 radical (unpaired) electrons. The Bertz CT molecular complexity index is 646. The quantitative estimate of drug-likeness (QED) is 0.641. The Hall–Kier alpha value is -1.92. The van der Waals surface area contributed by atoms with Gasteiger partial charge in [-0.2, -0.15) is 0 Å². The van der Waals surface area contributed by atoms with Crippen molar-refractivity contribution < 1.29 is 4.92 Å². The third-order valence-corrected chi connectivity index (χ3v) is 5.14. The minimum Gasteiger partial charge on any atom is -0.369 e. The minimum atomic E-state index is -0.356. The summed E-state index contributed by atoms with van der Waals surface area (Å²) >= 11 is 1.83. The van der Waals surface area contributed by atoms with Crippen molar-refractivity contribution in [3.63, 3.8) is 0 Å². The van der Waals surface area contributed by atoms with Crippen LogP contribution in [0.15, 0.2) is 35.7 Å². The van der Waals surface area contributed by atoms with Crippen molar-refractivity contribution in [2.75, 3.05) is 31.1 Å². The van der Waals surface area contributed by atoms with Crippen LogP contribution in [0.4, 0.5) is 11.4 Å². The third kappa shape index (κ3) is 3.28. The van der Waals surface area contributed by atoms with Gasteiger partial charge in [-0.25, -0.2) is 0 Å². The number of piperazine rings is 1. The molecule has 0 saturated carbocycles. The average molecular weight is 317 g/mol. The van der Waals surface area contributed by atoms with Gasteiger partial charge in [-0.05, 0) is 36.1 Å². The number of hydrogen-bond acceptors (Lipinski definition) is 5. The van der Waals surface area contributed by atoms with E-state index in [0.29, 0.717) is 0 Å². The first kappa shape index (κ1) is 15.0. The first-order valence-electron chi connectivity index (χ1n) is 7.38. The first-order valence-corrected chi connectivity index (χ1v) is 8.26. The zero-order chi connectivity index (χ0) is 15.5. The number of nitrogens with zero attached hydrogens (tertiary/aromatic N) is 3. The summed E-state index contributed by atoms with van der Waals surface area (Å²) < 4.78 is 0. The summed E-state index contributed by atoms with van der Waals surface area (Å²) in [5, 5.41) is 12.8. The van der Waals surface area contributed by atoms with E-state index in [2.05, 4.69) is 28.2 Å². The Balaban J connectivity index is 1.57. The van der Waals surface area contributed by atoms with Crippen molar-refractivity contribution in [1.29, 1.82) is 0 Å². The molecule has 0 amide bonds. The number of rotatable bonds is 4. The first-order chi connectivity index (χ1) is 10.6. The molecule has 1 aliphatic heterocycles. The highest BCUT2D eigenvalue weighted by Crippen LogP contribution is 2.22. The lowest BCUT2D eigenvalue weighted by atomic mass is 10.2. The van der Waals surface area contributed by atoms with Crippen LogP contribution in [0.2, 0.25) is 0 Å². The zero-order valence-electron chi connectivity index (χ0n) is 12.6. The standard InChI is InChI=1S/C16H19N3O2S/c1-13-6-11-22-16(13)12-17-7-9-18(10-8-17)14-2-4-15(5-3-14)19(20)21/h2-6,11H,7-10,12H2,1H3. The van der Waals surface area contributed by atoms with E-state index in [-0.39, 0.29) is 10.6 Å². The summed E-state index contributed by atoms with van der Waals surface area (Å²) in [6, 6.07) is 9.02. The van der Waals surface area contributed by atoms with Crippen molar-refractivity contribution >= 4 is 22.7 Å². The molecular weight excluding hydrogens is 298 g/mol. The molecule has 1 fully saturated rings. The highest BCUT2D eigenvalue weighted by atomic mass is 32.1. The summed E-state index contributed by atoms with van der Waals surface area (Å²) in [6.45, 7) is 7.16. The Morgan fingerprint density at radius 2 is 1.82 bits per heavy atom. The van der Waals surface area contributed by atoms with Crippen molar-refractivity contribution in [1.82, 2.24) is 4.90 Å². The molecule has 1 saturated heterocycles. The lowest BCUT2D eigenvalue weighted by molar-refractivity contribution is -0.384. The number of non-ortho nitro benzene ring substituents is 1. The molecule has 1 aliphatic rings. The molecule has 3 rings (SSSR count). The van der Waals surface area contributed by atoms with Gasteiger partial charge in [0.05, 0.1) is 4.92 Å². The second-order valence-corrected chi connectivity index (χ2v) is 6.56. The summed E-state index contributed by atoms with van der Waals surface area (Å²) in [5.74, 6) is 0. The molecule has 0 atom stereocenters. The van der Waals surface area contributed by atoms with Crippen molar-refractivity contribution in [3.05, 3.63) is 56.3 Å². The normalized spacial score (nSPS) is 16.0. The fourth-order valence-electron chi connectivity index (χ4n) is 2.72. The van der Waals surface area contributed by atoms with E-state index in [0.717, 1.165) is 38.4 Å². The molecule has 5 nitrogen and oxygen atoms in total. The van der Waals surface area contributed by atoms with Gasteiger partial charge < -0.3 is 4.90 Å². The summed E-state index contributed by atoms with van der Waals surface area (Å²) in [6.07, 6.45) is 0. The van der Waals surface area contributed by atoms with Gasteiger partial charge >= 0.3 is 0 Å². The predicted octanol–water partition coefficient (Wildman–Crippen LogP) is 3.29. The SMILES string of the molecule is Cc1ccsc1CN1CCN(c2ccc([N+](=O)[O-])cc2)CC1. The highest BCUT2D eigenvalue weighted by Gasteiger charge is 2.18. The van der Waals surface area contributed by atoms with Gasteiger partial charge in [0.25, 0.3) is 5.69 Å². The fraction of sp³-hybridized carbons (Fsp3) is 0.375. The van der Waals surface area contributed by atoms with E-state index in [1.165, 1.54) is 10.4 Å². The maximum Gasteiger partial charge on any atom is 0.269 e. The molecule has 1 aromatic heterocycles. The molecule has 0 spiro atoms. The summed E-state index contributed by atoms with van der Waals surface area (Å²) in [5.41, 5.74) is 2.59. The van der Waals surface area contributed by atoms with Gasteiger partial charge in [-0.3, -0.25) is 15.0 Å². The Morgan fingerprint density at radius 3 is 2.36 bits per heavy atom. The maximum atomic E-state index is 10.7. The third-order valence-electron chi connectivity index (χ3n) is 4.13. The number of thiophene rings is 1. The second kappa shape index (κ2) is 6.46. The monoisotopic (exact) mass is 317 g/mol. The maximum absolute atomic E-state index is 10.7. The molecule has 2 heterocycles. The van der Waals surface area contributed by atoms with Gasteiger partial charge in [0.15, 0.2) is 0 Å². The van der Waals surface area contributed by atoms with E-state index in [4.69, 9.17) is 0 Å². The molecule has 0 unspecified atom stereocenters. The van der Waals surface area contributed by atoms with Crippen LogP contribution >= 0.6 is 11.3 Å². The fourth-order valence-corrected chi connectivity index (χ4v) is 3.67. The number of anilines is 1. The molecule has 6 heteroatoms. The second-order valence-electron chi connectivity index (χ2n) is 5.56. The number of benzene rings is 1. The van der Waals surface area contributed by atoms with Crippen LogP contribution in [0.5, 0.6) is 0 Å². The van der Waals surface area contributed by atoms with Crippen LogP contribution in [0, 0.1) is 17.0 Å². The van der Waals surface area contributed by atoms with E-state index >= 15 is 0 Å². The number of aryl methyl sites for hydroxylation is 1. The van der Waals surface area contributed by atoms with Crippen LogP contribution in [0.1, 0.15) is 10.4 Å². The summed E-state index contributed by atoms with van der Waals surface area (Å²) in [4.78, 5) is 16.6. The van der Waals surface area contributed by atoms with Crippen LogP contribution in [0.3, 0.4) is 0 Å². The van der Waals surface area contributed by atoms with Crippen LogP contribution in [-0.4, -0.2) is 36.0 Å². The van der Waals surface area contributed by atoms with Gasteiger partial charge in [0, 0.05) is 55.4 Å².